The Labute approximate surface area is 66.3 Å². The van der Waals surface area contributed by atoms with Crippen LogP contribution in [0.15, 0.2) is 12.4 Å². The van der Waals surface area contributed by atoms with E-state index in [1.165, 1.54) is 0 Å². The Balaban J connectivity index is 2.62. The lowest BCUT2D eigenvalue weighted by Gasteiger charge is -2.03. The number of hydrogen-bond acceptors (Lipinski definition) is 2. The van der Waals surface area contributed by atoms with Crippen LogP contribution in [0.25, 0.3) is 0 Å². The second-order valence-corrected chi connectivity index (χ2v) is 2.05. The maximum atomic E-state index is 5.27. The van der Waals surface area contributed by atoms with E-state index in [9.17, 15) is 0 Å². The molecule has 1 aromatic rings. The van der Waals surface area contributed by atoms with Gasteiger partial charge in [0.25, 0.3) is 0 Å². The number of H-pyrrole nitrogens is 1. The third-order valence-corrected chi connectivity index (χ3v) is 1.27. The molecule has 0 aromatic carbocycles. The summed E-state index contributed by atoms with van der Waals surface area (Å²) in [6.07, 6.45) is 3.57. The van der Waals surface area contributed by atoms with Gasteiger partial charge in [-0.2, -0.15) is 0 Å². The van der Waals surface area contributed by atoms with E-state index in [-0.39, 0.29) is 0 Å². The predicted octanol–water partition coefficient (Wildman–Crippen LogP) is 1.81. The standard InChI is InChI=1S/C8H13NO2/c1-3-10-7-5-9-6-8(7)11-4-2/h5-6,9H,3-4H2,1-2H3. The minimum absolute atomic E-state index is 0.665. The summed E-state index contributed by atoms with van der Waals surface area (Å²) in [5.41, 5.74) is 0. The summed E-state index contributed by atoms with van der Waals surface area (Å²) >= 11 is 0. The molecule has 0 fully saturated rings. The molecule has 1 aromatic heterocycles. The molecule has 0 amide bonds. The first-order chi connectivity index (χ1) is 5.38. The van der Waals surface area contributed by atoms with Gasteiger partial charge in [-0.1, -0.05) is 0 Å². The van der Waals surface area contributed by atoms with Gasteiger partial charge in [0.05, 0.1) is 13.2 Å². The topological polar surface area (TPSA) is 34.2 Å². The molecule has 0 aliphatic heterocycles. The first-order valence-electron chi connectivity index (χ1n) is 3.80. The minimum atomic E-state index is 0.665. The summed E-state index contributed by atoms with van der Waals surface area (Å²) in [7, 11) is 0. The van der Waals surface area contributed by atoms with Crippen molar-refractivity contribution in [2.75, 3.05) is 13.2 Å². The van der Waals surface area contributed by atoms with E-state index < -0.39 is 0 Å². The van der Waals surface area contributed by atoms with Gasteiger partial charge in [0, 0.05) is 12.4 Å². The number of aromatic nitrogens is 1. The van der Waals surface area contributed by atoms with E-state index in [2.05, 4.69) is 4.98 Å². The third kappa shape index (κ3) is 1.90. The van der Waals surface area contributed by atoms with Crippen molar-refractivity contribution in [1.29, 1.82) is 0 Å². The molecule has 0 radical (unpaired) electrons. The van der Waals surface area contributed by atoms with Crippen LogP contribution in [0, 0.1) is 0 Å². The number of aromatic amines is 1. The minimum Gasteiger partial charge on any atom is -0.488 e. The van der Waals surface area contributed by atoms with E-state index in [0.29, 0.717) is 13.2 Å². The highest BCUT2D eigenvalue weighted by Crippen LogP contribution is 2.25. The Bertz CT molecular complexity index is 187. The SMILES string of the molecule is CCOc1c[nH]cc1OCC. The Hall–Kier alpha value is -1.12. The molecule has 1 rings (SSSR count). The highest BCUT2D eigenvalue weighted by molar-refractivity contribution is 5.36. The normalized spacial score (nSPS) is 9.64. The summed E-state index contributed by atoms with van der Waals surface area (Å²) in [5.74, 6) is 1.57. The zero-order valence-corrected chi connectivity index (χ0v) is 6.89. The van der Waals surface area contributed by atoms with Crippen LogP contribution in [-0.2, 0) is 0 Å². The zero-order chi connectivity index (χ0) is 8.10. The summed E-state index contributed by atoms with van der Waals surface area (Å²) in [4.78, 5) is 2.92. The van der Waals surface area contributed by atoms with Gasteiger partial charge in [0.2, 0.25) is 0 Å². The lowest BCUT2D eigenvalue weighted by atomic mass is 10.5. The van der Waals surface area contributed by atoms with Crippen molar-refractivity contribution in [2.24, 2.45) is 0 Å². The average molecular weight is 155 g/mol. The zero-order valence-electron chi connectivity index (χ0n) is 6.89. The molecule has 0 atom stereocenters. The molecule has 1 heterocycles. The van der Waals surface area contributed by atoms with Crippen LogP contribution in [0.2, 0.25) is 0 Å². The average Bonchev–Trinajstić information content (AvgIpc) is 2.39. The van der Waals surface area contributed by atoms with Gasteiger partial charge in [-0.3, -0.25) is 0 Å². The third-order valence-electron chi connectivity index (χ3n) is 1.27. The lowest BCUT2D eigenvalue weighted by molar-refractivity contribution is 0.290. The number of nitrogens with one attached hydrogen (secondary N) is 1. The summed E-state index contributed by atoms with van der Waals surface area (Å²) in [6, 6.07) is 0. The van der Waals surface area contributed by atoms with Crippen LogP contribution in [-0.4, -0.2) is 18.2 Å². The second-order valence-electron chi connectivity index (χ2n) is 2.05. The maximum Gasteiger partial charge on any atom is 0.178 e. The van der Waals surface area contributed by atoms with Gasteiger partial charge in [0.15, 0.2) is 11.5 Å². The van der Waals surface area contributed by atoms with Gasteiger partial charge in [-0.05, 0) is 13.8 Å². The van der Waals surface area contributed by atoms with Crippen LogP contribution in [0.4, 0.5) is 0 Å². The van der Waals surface area contributed by atoms with Crippen molar-refractivity contribution in [3.8, 4) is 11.5 Å². The van der Waals surface area contributed by atoms with Crippen LogP contribution in [0.1, 0.15) is 13.8 Å². The molecule has 0 aliphatic carbocycles. The Morgan fingerprint density at radius 3 is 1.91 bits per heavy atom. The Morgan fingerprint density at radius 2 is 1.55 bits per heavy atom. The smallest absolute Gasteiger partial charge is 0.178 e. The highest BCUT2D eigenvalue weighted by Gasteiger charge is 2.02. The van der Waals surface area contributed by atoms with Crippen molar-refractivity contribution >= 4 is 0 Å². The quantitative estimate of drug-likeness (QED) is 0.719. The second kappa shape index (κ2) is 3.91. The van der Waals surface area contributed by atoms with Crippen LogP contribution >= 0.6 is 0 Å². The molecule has 1 N–H and O–H groups in total. The molecule has 0 saturated carbocycles. The van der Waals surface area contributed by atoms with Gasteiger partial charge in [-0.25, -0.2) is 0 Å². The molecule has 0 unspecified atom stereocenters. The fourth-order valence-corrected chi connectivity index (χ4v) is 0.872. The van der Waals surface area contributed by atoms with E-state index in [0.717, 1.165) is 11.5 Å². The van der Waals surface area contributed by atoms with Crippen molar-refractivity contribution in [1.82, 2.24) is 4.98 Å². The van der Waals surface area contributed by atoms with Crippen LogP contribution < -0.4 is 9.47 Å². The molecule has 0 bridgehead atoms. The van der Waals surface area contributed by atoms with Gasteiger partial charge in [0.1, 0.15) is 0 Å². The molecule has 0 spiro atoms. The fraction of sp³-hybridized carbons (Fsp3) is 0.500. The van der Waals surface area contributed by atoms with Crippen LogP contribution in [0.3, 0.4) is 0 Å². The molecule has 11 heavy (non-hydrogen) atoms. The van der Waals surface area contributed by atoms with Crippen LogP contribution in [0.5, 0.6) is 11.5 Å². The maximum absolute atomic E-state index is 5.27. The van der Waals surface area contributed by atoms with Crippen molar-refractivity contribution in [2.45, 2.75) is 13.8 Å². The van der Waals surface area contributed by atoms with Crippen molar-refractivity contribution in [3.05, 3.63) is 12.4 Å². The molecular formula is C8H13NO2. The van der Waals surface area contributed by atoms with E-state index >= 15 is 0 Å². The lowest BCUT2D eigenvalue weighted by Crippen LogP contribution is -1.95. The summed E-state index contributed by atoms with van der Waals surface area (Å²) in [6.45, 7) is 5.22. The van der Waals surface area contributed by atoms with Gasteiger partial charge >= 0.3 is 0 Å². The van der Waals surface area contributed by atoms with Crippen molar-refractivity contribution < 1.29 is 9.47 Å². The Kier molecular flexibility index (Phi) is 2.83. The largest absolute Gasteiger partial charge is 0.488 e. The molecule has 0 aliphatic rings. The van der Waals surface area contributed by atoms with E-state index in [4.69, 9.17) is 9.47 Å². The monoisotopic (exact) mass is 155 g/mol. The summed E-state index contributed by atoms with van der Waals surface area (Å²) in [5, 5.41) is 0. The first-order valence-corrected chi connectivity index (χ1v) is 3.80. The van der Waals surface area contributed by atoms with Gasteiger partial charge < -0.3 is 14.5 Å². The number of ether oxygens (including phenoxy) is 2. The summed E-state index contributed by atoms with van der Waals surface area (Å²) < 4.78 is 10.5. The molecule has 62 valence electrons. The molecular weight excluding hydrogens is 142 g/mol. The van der Waals surface area contributed by atoms with Crippen molar-refractivity contribution in [3.63, 3.8) is 0 Å². The van der Waals surface area contributed by atoms with Gasteiger partial charge in [-0.15, -0.1) is 0 Å². The molecule has 3 nitrogen and oxygen atoms in total. The van der Waals surface area contributed by atoms with E-state index in [1.807, 2.05) is 13.8 Å². The number of hydrogen-bond donors (Lipinski definition) is 1. The first kappa shape index (κ1) is 7.98. The fourth-order valence-electron chi connectivity index (χ4n) is 0.872. The highest BCUT2D eigenvalue weighted by atomic mass is 16.5. The van der Waals surface area contributed by atoms with E-state index in [1.54, 1.807) is 12.4 Å². The Morgan fingerprint density at radius 1 is 1.09 bits per heavy atom. The predicted molar refractivity (Wildman–Crippen MR) is 43.1 cm³/mol. The molecule has 3 heteroatoms. The number of rotatable bonds is 4. The molecule has 0 saturated heterocycles.